The van der Waals surface area contributed by atoms with Gasteiger partial charge in [0.1, 0.15) is 5.82 Å². The Balaban J connectivity index is 2.94. The average molecular weight is 282 g/mol. The van der Waals surface area contributed by atoms with E-state index in [0.717, 1.165) is 30.7 Å². The number of carboxylic acid groups (broad SMARTS) is 1. The molecule has 0 aliphatic carbocycles. The second kappa shape index (κ2) is 8.04. The molecule has 1 unspecified atom stereocenters. The second-order valence-electron chi connectivity index (χ2n) is 4.49. The number of carbonyl (C=O) groups is 1. The molecule has 5 heteroatoms. The SMILES string of the molecule is CCCc1cc(C(=O)O)cc(NC(CC)CSC)n1. The van der Waals surface area contributed by atoms with Gasteiger partial charge in [-0.3, -0.25) is 0 Å². The quantitative estimate of drug-likeness (QED) is 0.766. The predicted octanol–water partition coefficient (Wildman–Crippen LogP) is 3.29. The van der Waals surface area contributed by atoms with E-state index < -0.39 is 5.97 Å². The summed E-state index contributed by atoms with van der Waals surface area (Å²) in [6, 6.07) is 3.60. The van der Waals surface area contributed by atoms with Gasteiger partial charge in [0, 0.05) is 17.5 Å². The zero-order chi connectivity index (χ0) is 14.3. The summed E-state index contributed by atoms with van der Waals surface area (Å²) in [5, 5.41) is 12.5. The molecule has 106 valence electrons. The summed E-state index contributed by atoms with van der Waals surface area (Å²) in [5.74, 6) is 0.753. The maximum atomic E-state index is 11.1. The Bertz CT molecular complexity index is 424. The molecule has 0 saturated carbocycles. The third kappa shape index (κ3) is 5.11. The molecule has 1 rings (SSSR count). The van der Waals surface area contributed by atoms with Crippen LogP contribution in [0.25, 0.3) is 0 Å². The van der Waals surface area contributed by atoms with Crippen molar-refractivity contribution in [2.75, 3.05) is 17.3 Å². The number of pyridine rings is 1. The topological polar surface area (TPSA) is 62.2 Å². The summed E-state index contributed by atoms with van der Waals surface area (Å²) >= 11 is 1.77. The minimum atomic E-state index is -0.902. The first-order chi connectivity index (χ1) is 9.10. The number of aromatic carboxylic acids is 1. The Morgan fingerprint density at radius 3 is 2.74 bits per heavy atom. The highest BCUT2D eigenvalue weighted by molar-refractivity contribution is 7.98. The summed E-state index contributed by atoms with van der Waals surface area (Å²) < 4.78 is 0. The first-order valence-electron chi connectivity index (χ1n) is 6.60. The number of carboxylic acids is 1. The van der Waals surface area contributed by atoms with Crippen LogP contribution in [0.3, 0.4) is 0 Å². The molecule has 0 spiro atoms. The Kier molecular flexibility index (Phi) is 6.70. The average Bonchev–Trinajstić information content (AvgIpc) is 2.38. The minimum absolute atomic E-state index is 0.306. The molecule has 0 amide bonds. The van der Waals surface area contributed by atoms with Gasteiger partial charge in [-0.2, -0.15) is 11.8 Å². The van der Waals surface area contributed by atoms with Crippen molar-refractivity contribution in [2.45, 2.75) is 39.2 Å². The molecule has 0 saturated heterocycles. The smallest absolute Gasteiger partial charge is 0.335 e. The van der Waals surface area contributed by atoms with Crippen molar-refractivity contribution in [1.29, 1.82) is 0 Å². The highest BCUT2D eigenvalue weighted by atomic mass is 32.2. The lowest BCUT2D eigenvalue weighted by Gasteiger charge is -2.17. The van der Waals surface area contributed by atoms with Gasteiger partial charge >= 0.3 is 5.97 Å². The van der Waals surface area contributed by atoms with Gasteiger partial charge in [-0.15, -0.1) is 0 Å². The number of rotatable bonds is 8. The van der Waals surface area contributed by atoms with Crippen LogP contribution in [0.5, 0.6) is 0 Å². The third-order valence-corrected chi connectivity index (χ3v) is 3.58. The maximum Gasteiger partial charge on any atom is 0.335 e. The Hall–Kier alpha value is -1.23. The highest BCUT2D eigenvalue weighted by Gasteiger charge is 2.11. The molecule has 1 heterocycles. The van der Waals surface area contributed by atoms with Crippen molar-refractivity contribution in [3.63, 3.8) is 0 Å². The number of thioether (sulfide) groups is 1. The van der Waals surface area contributed by atoms with Gasteiger partial charge in [0.05, 0.1) is 5.56 Å². The zero-order valence-electron chi connectivity index (χ0n) is 11.8. The molecule has 0 aliphatic rings. The molecule has 1 atom stereocenters. The number of nitrogens with zero attached hydrogens (tertiary/aromatic N) is 1. The van der Waals surface area contributed by atoms with Gasteiger partial charge in [0.15, 0.2) is 0 Å². The van der Waals surface area contributed by atoms with E-state index in [1.165, 1.54) is 0 Å². The van der Waals surface area contributed by atoms with Crippen LogP contribution in [0, 0.1) is 0 Å². The molecule has 4 nitrogen and oxygen atoms in total. The molecule has 1 aromatic rings. The highest BCUT2D eigenvalue weighted by Crippen LogP contribution is 2.15. The van der Waals surface area contributed by atoms with Gasteiger partial charge < -0.3 is 10.4 Å². The Morgan fingerprint density at radius 2 is 2.21 bits per heavy atom. The van der Waals surface area contributed by atoms with Gasteiger partial charge in [0.25, 0.3) is 0 Å². The second-order valence-corrected chi connectivity index (χ2v) is 5.40. The summed E-state index contributed by atoms with van der Waals surface area (Å²) in [6.45, 7) is 4.17. The number of hydrogen-bond donors (Lipinski definition) is 2. The first-order valence-corrected chi connectivity index (χ1v) is 7.99. The van der Waals surface area contributed by atoms with Crippen LogP contribution >= 0.6 is 11.8 Å². The number of anilines is 1. The lowest BCUT2D eigenvalue weighted by molar-refractivity contribution is 0.0696. The fourth-order valence-corrected chi connectivity index (χ4v) is 2.56. The van der Waals surface area contributed by atoms with E-state index in [0.29, 0.717) is 17.4 Å². The van der Waals surface area contributed by atoms with Crippen LogP contribution in [-0.4, -0.2) is 34.1 Å². The lowest BCUT2D eigenvalue weighted by atomic mass is 10.1. The van der Waals surface area contributed by atoms with Crippen molar-refractivity contribution in [3.05, 3.63) is 23.4 Å². The summed E-state index contributed by atoms with van der Waals surface area (Å²) in [4.78, 5) is 15.6. The van der Waals surface area contributed by atoms with Crippen LogP contribution in [0.4, 0.5) is 5.82 Å². The summed E-state index contributed by atoms with van der Waals surface area (Å²) in [7, 11) is 0. The fourth-order valence-electron chi connectivity index (χ4n) is 1.84. The number of nitrogens with one attached hydrogen (secondary N) is 1. The van der Waals surface area contributed by atoms with E-state index in [1.807, 2.05) is 0 Å². The molecule has 19 heavy (non-hydrogen) atoms. The van der Waals surface area contributed by atoms with E-state index in [4.69, 9.17) is 5.11 Å². The van der Waals surface area contributed by atoms with Crippen LogP contribution in [-0.2, 0) is 6.42 Å². The van der Waals surface area contributed by atoms with Crippen molar-refractivity contribution in [2.24, 2.45) is 0 Å². The molecular formula is C14H22N2O2S. The largest absolute Gasteiger partial charge is 0.478 e. The van der Waals surface area contributed by atoms with Crippen molar-refractivity contribution < 1.29 is 9.90 Å². The van der Waals surface area contributed by atoms with Gasteiger partial charge in [-0.25, -0.2) is 9.78 Å². The zero-order valence-corrected chi connectivity index (χ0v) is 12.6. The molecule has 0 aromatic carbocycles. The summed E-state index contributed by atoms with van der Waals surface area (Å²) in [6.07, 6.45) is 4.81. The third-order valence-electron chi connectivity index (χ3n) is 2.84. The van der Waals surface area contributed by atoms with Gasteiger partial charge in [-0.05, 0) is 31.2 Å². The number of aromatic nitrogens is 1. The molecule has 0 fully saturated rings. The molecule has 1 aromatic heterocycles. The van der Waals surface area contributed by atoms with E-state index >= 15 is 0 Å². The van der Waals surface area contributed by atoms with Crippen LogP contribution < -0.4 is 5.32 Å². The van der Waals surface area contributed by atoms with E-state index in [-0.39, 0.29) is 0 Å². The van der Waals surface area contributed by atoms with E-state index in [1.54, 1.807) is 23.9 Å². The predicted molar refractivity (Wildman–Crippen MR) is 81.3 cm³/mol. The van der Waals surface area contributed by atoms with Crippen molar-refractivity contribution in [3.8, 4) is 0 Å². The van der Waals surface area contributed by atoms with Crippen LogP contribution in [0.2, 0.25) is 0 Å². The van der Waals surface area contributed by atoms with Crippen LogP contribution in [0.15, 0.2) is 12.1 Å². The first kappa shape index (κ1) is 15.8. The fraction of sp³-hybridized carbons (Fsp3) is 0.571. The monoisotopic (exact) mass is 282 g/mol. The van der Waals surface area contributed by atoms with E-state index in [2.05, 4.69) is 30.4 Å². The summed E-state index contributed by atoms with van der Waals surface area (Å²) in [5.41, 5.74) is 1.14. The maximum absolute atomic E-state index is 11.1. The van der Waals surface area contributed by atoms with Gasteiger partial charge in [0.2, 0.25) is 0 Å². The normalized spacial score (nSPS) is 12.2. The molecule has 0 radical (unpaired) electrons. The van der Waals surface area contributed by atoms with Crippen LogP contribution in [0.1, 0.15) is 42.7 Å². The molecular weight excluding hydrogens is 260 g/mol. The number of hydrogen-bond acceptors (Lipinski definition) is 4. The minimum Gasteiger partial charge on any atom is -0.478 e. The molecule has 2 N–H and O–H groups in total. The van der Waals surface area contributed by atoms with E-state index in [9.17, 15) is 4.79 Å². The molecule has 0 bridgehead atoms. The van der Waals surface area contributed by atoms with Crippen molar-refractivity contribution in [1.82, 2.24) is 4.98 Å². The Labute approximate surface area is 119 Å². The van der Waals surface area contributed by atoms with Crippen molar-refractivity contribution >= 4 is 23.5 Å². The molecule has 0 aliphatic heterocycles. The van der Waals surface area contributed by atoms with Gasteiger partial charge in [-0.1, -0.05) is 20.3 Å². The standard InChI is InChI=1S/C14H22N2O2S/c1-4-6-12-7-10(14(17)18)8-13(16-12)15-11(5-2)9-19-3/h7-8,11H,4-6,9H2,1-3H3,(H,15,16)(H,17,18). The lowest BCUT2D eigenvalue weighted by Crippen LogP contribution is -2.22. The number of aryl methyl sites for hydroxylation is 1. The Morgan fingerprint density at radius 1 is 1.47 bits per heavy atom.